The molecule has 3 rings (SSSR count). The highest BCUT2D eigenvalue weighted by Gasteiger charge is 2.43. The summed E-state index contributed by atoms with van der Waals surface area (Å²) in [5, 5.41) is 2.64. The maximum Gasteiger partial charge on any atom is 0.308 e. The molecule has 1 aromatic rings. The number of nitrogens with zero attached hydrogens (tertiary/aromatic N) is 1. The van der Waals surface area contributed by atoms with E-state index in [1.807, 2.05) is 30.3 Å². The van der Waals surface area contributed by atoms with E-state index < -0.39 is 12.0 Å². The van der Waals surface area contributed by atoms with Gasteiger partial charge in [0.15, 0.2) is 0 Å². The summed E-state index contributed by atoms with van der Waals surface area (Å²) in [4.78, 5) is 37.7. The Morgan fingerprint density at radius 1 is 1.27 bits per heavy atom. The van der Waals surface area contributed by atoms with Crippen molar-refractivity contribution >= 4 is 17.8 Å². The zero-order chi connectivity index (χ0) is 15.5. The van der Waals surface area contributed by atoms with Crippen molar-refractivity contribution in [3.63, 3.8) is 0 Å². The largest absolute Gasteiger partial charge is 0.461 e. The quantitative estimate of drug-likeness (QED) is 0.827. The van der Waals surface area contributed by atoms with Gasteiger partial charge in [0.1, 0.15) is 18.7 Å². The molecular weight excluding hydrogens is 284 g/mol. The van der Waals surface area contributed by atoms with Crippen molar-refractivity contribution in [2.45, 2.75) is 38.0 Å². The van der Waals surface area contributed by atoms with E-state index in [1.165, 1.54) is 0 Å². The van der Waals surface area contributed by atoms with Crippen molar-refractivity contribution < 1.29 is 19.1 Å². The Kier molecular flexibility index (Phi) is 4.09. The van der Waals surface area contributed by atoms with Crippen LogP contribution in [0, 0.1) is 0 Å². The number of piperazine rings is 1. The lowest BCUT2D eigenvalue weighted by Crippen LogP contribution is -2.61. The molecule has 0 radical (unpaired) electrons. The van der Waals surface area contributed by atoms with Crippen LogP contribution in [0.4, 0.5) is 0 Å². The Balaban J connectivity index is 1.55. The van der Waals surface area contributed by atoms with Crippen LogP contribution in [0.2, 0.25) is 0 Å². The van der Waals surface area contributed by atoms with E-state index in [9.17, 15) is 14.4 Å². The fourth-order valence-corrected chi connectivity index (χ4v) is 2.93. The van der Waals surface area contributed by atoms with Crippen molar-refractivity contribution in [1.82, 2.24) is 10.2 Å². The van der Waals surface area contributed by atoms with Gasteiger partial charge >= 0.3 is 5.97 Å². The third-order valence-electron chi connectivity index (χ3n) is 4.07. The molecular formula is C16H18N2O4. The molecule has 0 bridgehead atoms. The van der Waals surface area contributed by atoms with Gasteiger partial charge in [-0.3, -0.25) is 14.4 Å². The van der Waals surface area contributed by atoms with Crippen molar-refractivity contribution in [2.24, 2.45) is 0 Å². The molecule has 2 saturated heterocycles. The Hall–Kier alpha value is -2.37. The Bertz CT molecular complexity index is 587. The molecule has 2 atom stereocenters. The molecule has 0 saturated carbocycles. The van der Waals surface area contributed by atoms with Crippen LogP contribution < -0.4 is 5.32 Å². The highest BCUT2D eigenvalue weighted by atomic mass is 16.5. The summed E-state index contributed by atoms with van der Waals surface area (Å²) in [6.45, 7) is 0.757. The van der Waals surface area contributed by atoms with E-state index in [4.69, 9.17) is 4.74 Å². The van der Waals surface area contributed by atoms with Crippen LogP contribution in [0.15, 0.2) is 30.3 Å². The first-order valence-corrected chi connectivity index (χ1v) is 7.45. The van der Waals surface area contributed by atoms with Gasteiger partial charge in [-0.15, -0.1) is 0 Å². The molecule has 2 amide bonds. The lowest BCUT2D eigenvalue weighted by Gasteiger charge is -2.34. The average Bonchev–Trinajstić information content (AvgIpc) is 3.02. The number of hydrogen-bond donors (Lipinski definition) is 1. The van der Waals surface area contributed by atoms with Crippen molar-refractivity contribution in [3.8, 4) is 0 Å². The summed E-state index contributed by atoms with van der Waals surface area (Å²) in [5.41, 5.74) is 0.884. The second-order valence-corrected chi connectivity index (χ2v) is 5.60. The highest BCUT2D eigenvalue weighted by Crippen LogP contribution is 2.23. The van der Waals surface area contributed by atoms with E-state index >= 15 is 0 Å². The topological polar surface area (TPSA) is 75.7 Å². The maximum atomic E-state index is 12.3. The van der Waals surface area contributed by atoms with Gasteiger partial charge in [-0.05, 0) is 18.4 Å². The van der Waals surface area contributed by atoms with Gasteiger partial charge in [0.25, 0.3) is 0 Å². The smallest absolute Gasteiger partial charge is 0.308 e. The molecule has 6 nitrogen and oxygen atoms in total. The third kappa shape index (κ3) is 2.95. The fraction of sp³-hybridized carbons (Fsp3) is 0.438. The molecule has 0 aromatic heterocycles. The van der Waals surface area contributed by atoms with Crippen molar-refractivity contribution in [3.05, 3.63) is 35.9 Å². The van der Waals surface area contributed by atoms with Crippen molar-refractivity contribution in [1.29, 1.82) is 0 Å². The van der Waals surface area contributed by atoms with Gasteiger partial charge in [-0.1, -0.05) is 30.3 Å². The molecule has 2 heterocycles. The first-order valence-electron chi connectivity index (χ1n) is 7.45. The van der Waals surface area contributed by atoms with E-state index in [2.05, 4.69) is 5.32 Å². The number of amides is 2. The van der Waals surface area contributed by atoms with Gasteiger partial charge < -0.3 is 15.0 Å². The lowest BCUT2D eigenvalue weighted by molar-refractivity contribution is -0.153. The Morgan fingerprint density at radius 3 is 2.82 bits per heavy atom. The van der Waals surface area contributed by atoms with Gasteiger partial charge in [0, 0.05) is 6.54 Å². The average molecular weight is 302 g/mol. The molecule has 6 heteroatoms. The zero-order valence-corrected chi connectivity index (χ0v) is 12.2. The number of rotatable bonds is 4. The normalized spacial score (nSPS) is 23.9. The summed E-state index contributed by atoms with van der Waals surface area (Å²) in [6, 6.07) is 8.16. The van der Waals surface area contributed by atoms with E-state index in [-0.39, 0.29) is 30.9 Å². The minimum Gasteiger partial charge on any atom is -0.461 e. The molecule has 0 spiro atoms. The first kappa shape index (κ1) is 14.6. The number of nitrogens with one attached hydrogen (secondary N) is 1. The second-order valence-electron chi connectivity index (χ2n) is 5.60. The van der Waals surface area contributed by atoms with Gasteiger partial charge in [0.05, 0.1) is 6.42 Å². The molecule has 2 fully saturated rings. The molecule has 116 valence electrons. The predicted octanol–water partition coefficient (Wildman–Crippen LogP) is 0.609. The molecule has 1 aromatic carbocycles. The van der Waals surface area contributed by atoms with Gasteiger partial charge in [0.2, 0.25) is 11.8 Å². The predicted molar refractivity (Wildman–Crippen MR) is 77.5 cm³/mol. The second kappa shape index (κ2) is 6.17. The van der Waals surface area contributed by atoms with Crippen LogP contribution in [0.1, 0.15) is 24.8 Å². The molecule has 0 aliphatic carbocycles. The van der Waals surface area contributed by atoms with Crippen LogP contribution in [-0.2, 0) is 25.7 Å². The number of hydrogen-bond acceptors (Lipinski definition) is 4. The summed E-state index contributed by atoms with van der Waals surface area (Å²) < 4.78 is 5.16. The molecule has 0 unspecified atom stereocenters. The highest BCUT2D eigenvalue weighted by molar-refractivity contribution is 5.99. The minimum atomic E-state index is -0.801. The molecule has 22 heavy (non-hydrogen) atoms. The third-order valence-corrected chi connectivity index (χ3v) is 4.07. The number of carbonyl (C=O) groups is 3. The summed E-state index contributed by atoms with van der Waals surface area (Å²) in [5.74, 6) is -0.836. The molecule has 1 N–H and O–H groups in total. The number of benzene rings is 1. The summed E-state index contributed by atoms with van der Waals surface area (Å²) in [6.07, 6.45) is 1.40. The SMILES string of the molecule is O=C(C[C@@H]1NC(=O)[C@@H]2CCCN2C1=O)OCc1ccccc1. The van der Waals surface area contributed by atoms with Gasteiger partial charge in [-0.25, -0.2) is 0 Å². The van der Waals surface area contributed by atoms with Crippen LogP contribution in [-0.4, -0.2) is 41.3 Å². The van der Waals surface area contributed by atoms with E-state index in [0.29, 0.717) is 13.0 Å². The van der Waals surface area contributed by atoms with Crippen LogP contribution in [0.5, 0.6) is 0 Å². The van der Waals surface area contributed by atoms with Crippen LogP contribution in [0.3, 0.4) is 0 Å². The zero-order valence-electron chi connectivity index (χ0n) is 12.2. The number of carbonyl (C=O) groups excluding carboxylic acids is 3. The van der Waals surface area contributed by atoms with Gasteiger partial charge in [-0.2, -0.15) is 0 Å². The fourth-order valence-electron chi connectivity index (χ4n) is 2.93. The number of ether oxygens (including phenoxy) is 1. The number of esters is 1. The van der Waals surface area contributed by atoms with E-state index in [1.54, 1.807) is 4.90 Å². The molecule has 2 aliphatic heterocycles. The standard InChI is InChI=1S/C16H18N2O4/c19-14(22-10-11-5-2-1-3-6-11)9-12-16(21)18-8-4-7-13(18)15(20)17-12/h1-3,5-6,12-13H,4,7-10H2,(H,17,20)/t12-,13-/m0/s1. The minimum absolute atomic E-state index is 0.124. The van der Waals surface area contributed by atoms with Crippen molar-refractivity contribution in [2.75, 3.05) is 6.54 Å². The molecule has 2 aliphatic rings. The number of fused-ring (bicyclic) bond motifs is 1. The van der Waals surface area contributed by atoms with Crippen LogP contribution in [0.25, 0.3) is 0 Å². The van der Waals surface area contributed by atoms with E-state index in [0.717, 1.165) is 12.0 Å². The monoisotopic (exact) mass is 302 g/mol. The maximum absolute atomic E-state index is 12.3. The Morgan fingerprint density at radius 2 is 2.05 bits per heavy atom. The summed E-state index contributed by atoms with van der Waals surface area (Å²) in [7, 11) is 0. The lowest BCUT2D eigenvalue weighted by atomic mass is 10.1. The first-order chi connectivity index (χ1) is 10.6. The Labute approximate surface area is 128 Å². The summed E-state index contributed by atoms with van der Waals surface area (Å²) >= 11 is 0. The van der Waals surface area contributed by atoms with Crippen LogP contribution >= 0.6 is 0 Å².